The number of carbonyl (C=O) groups is 2. The monoisotopic (exact) mass is 540 g/mol. The minimum Gasteiger partial charge on any atom is -0.462 e. The van der Waals surface area contributed by atoms with Crippen LogP contribution in [0.1, 0.15) is 68.3 Å². The first-order chi connectivity index (χ1) is 19.4. The molecule has 1 atom stereocenters. The van der Waals surface area contributed by atoms with Gasteiger partial charge in [0.25, 0.3) is 5.56 Å². The van der Waals surface area contributed by atoms with Gasteiger partial charge in [0.2, 0.25) is 0 Å². The van der Waals surface area contributed by atoms with E-state index in [0.29, 0.717) is 34.5 Å². The van der Waals surface area contributed by atoms with Crippen LogP contribution < -0.4 is 10.9 Å². The van der Waals surface area contributed by atoms with Crippen LogP contribution in [0.3, 0.4) is 0 Å². The van der Waals surface area contributed by atoms with E-state index in [1.54, 1.807) is 46.7 Å². The van der Waals surface area contributed by atoms with Crippen molar-refractivity contribution in [3.63, 3.8) is 0 Å². The Bertz CT molecular complexity index is 1550. The maximum atomic E-state index is 13.9. The smallest absolute Gasteiger partial charge is 0.338 e. The number of nitrogens with zero attached hydrogens (tertiary/aromatic N) is 3. The molecule has 8 heteroatoms. The van der Waals surface area contributed by atoms with Crippen molar-refractivity contribution in [1.82, 2.24) is 14.5 Å². The number of para-hydroxylation sites is 2. The summed E-state index contributed by atoms with van der Waals surface area (Å²) in [6.07, 6.45) is 2.41. The van der Waals surface area contributed by atoms with Gasteiger partial charge in [0.1, 0.15) is 5.82 Å². The molecule has 4 aromatic rings. The molecule has 0 aliphatic rings. The summed E-state index contributed by atoms with van der Waals surface area (Å²) in [5.74, 6) is 0.0831. The van der Waals surface area contributed by atoms with Crippen LogP contribution in [0, 0.1) is 0 Å². The first-order valence-electron chi connectivity index (χ1n) is 13.8. The van der Waals surface area contributed by atoms with E-state index in [4.69, 9.17) is 9.72 Å². The number of nitrogens with one attached hydrogen (secondary N) is 1. The molecular formula is C32H36N4O4. The molecule has 1 N–H and O–H groups in total. The summed E-state index contributed by atoms with van der Waals surface area (Å²) in [6.45, 7) is 8.54. The van der Waals surface area contributed by atoms with Crippen molar-refractivity contribution >= 4 is 28.6 Å². The highest BCUT2D eigenvalue weighted by Crippen LogP contribution is 2.26. The van der Waals surface area contributed by atoms with E-state index >= 15 is 0 Å². The average Bonchev–Trinajstić information content (AvgIpc) is 2.97. The standard InChI is InChI=1S/C32H36N4O4/c1-5-8-21-35(32(39)33-25-19-17-24(18-20-25)31(38)40-7-3)22(4)29-34-27-15-11-10-14-26(27)30(37)36(29)28-16-12-9-13-23(28)6-2/h9-20,22H,5-8,21H2,1-4H3,(H,33,39). The number of carbonyl (C=O) groups excluding carboxylic acids is 2. The van der Waals surface area contributed by atoms with Crippen molar-refractivity contribution < 1.29 is 14.3 Å². The maximum absolute atomic E-state index is 13.9. The zero-order valence-electron chi connectivity index (χ0n) is 23.5. The fourth-order valence-electron chi connectivity index (χ4n) is 4.73. The van der Waals surface area contributed by atoms with E-state index in [2.05, 4.69) is 19.2 Å². The van der Waals surface area contributed by atoms with Crippen molar-refractivity contribution in [3.8, 4) is 5.69 Å². The Morgan fingerprint density at radius 3 is 2.38 bits per heavy atom. The van der Waals surface area contributed by atoms with Crippen LogP contribution in [-0.4, -0.2) is 39.6 Å². The molecule has 8 nitrogen and oxygen atoms in total. The molecule has 1 aromatic heterocycles. The number of esters is 1. The van der Waals surface area contributed by atoms with Crippen molar-refractivity contribution in [1.29, 1.82) is 0 Å². The van der Waals surface area contributed by atoms with Crippen LogP contribution in [0.5, 0.6) is 0 Å². The number of hydrogen-bond acceptors (Lipinski definition) is 5. The summed E-state index contributed by atoms with van der Waals surface area (Å²) in [5, 5.41) is 3.48. The highest BCUT2D eigenvalue weighted by Gasteiger charge is 2.27. The molecule has 2 amide bonds. The largest absolute Gasteiger partial charge is 0.462 e. The number of anilines is 1. The Balaban J connectivity index is 1.76. The third-order valence-corrected chi connectivity index (χ3v) is 6.92. The highest BCUT2D eigenvalue weighted by molar-refractivity contribution is 5.92. The third-order valence-electron chi connectivity index (χ3n) is 6.92. The lowest BCUT2D eigenvalue weighted by molar-refractivity contribution is 0.0526. The van der Waals surface area contributed by atoms with Crippen molar-refractivity contribution in [2.75, 3.05) is 18.5 Å². The second-order valence-corrected chi connectivity index (χ2v) is 9.56. The number of aryl methyl sites for hydroxylation is 1. The van der Waals surface area contributed by atoms with Crippen LogP contribution in [-0.2, 0) is 11.2 Å². The molecule has 0 radical (unpaired) electrons. The van der Waals surface area contributed by atoms with E-state index < -0.39 is 12.0 Å². The lowest BCUT2D eigenvalue weighted by Gasteiger charge is -2.31. The number of urea groups is 1. The zero-order chi connectivity index (χ0) is 28.6. The maximum Gasteiger partial charge on any atom is 0.338 e. The fourth-order valence-corrected chi connectivity index (χ4v) is 4.73. The molecule has 0 aliphatic heterocycles. The summed E-state index contributed by atoms with van der Waals surface area (Å²) < 4.78 is 6.71. The Hall–Kier alpha value is -4.46. The number of aromatic nitrogens is 2. The fraction of sp³-hybridized carbons (Fsp3) is 0.312. The van der Waals surface area contributed by atoms with E-state index in [0.717, 1.165) is 30.5 Å². The van der Waals surface area contributed by atoms with Crippen LogP contribution in [0.15, 0.2) is 77.6 Å². The molecule has 0 aliphatic carbocycles. The Kier molecular flexibility index (Phi) is 9.32. The molecule has 0 bridgehead atoms. The Labute approximate surface area is 234 Å². The van der Waals surface area contributed by atoms with Crippen LogP contribution in [0.4, 0.5) is 10.5 Å². The molecule has 0 fully saturated rings. The predicted molar refractivity (Wildman–Crippen MR) is 158 cm³/mol. The predicted octanol–water partition coefficient (Wildman–Crippen LogP) is 6.52. The minimum absolute atomic E-state index is 0.168. The van der Waals surface area contributed by atoms with Gasteiger partial charge in [-0.25, -0.2) is 14.6 Å². The summed E-state index contributed by atoms with van der Waals surface area (Å²) >= 11 is 0. The lowest BCUT2D eigenvalue weighted by atomic mass is 10.1. The van der Waals surface area contributed by atoms with Gasteiger partial charge in [-0.15, -0.1) is 0 Å². The molecule has 3 aromatic carbocycles. The van der Waals surface area contributed by atoms with Gasteiger partial charge in [0, 0.05) is 12.2 Å². The third kappa shape index (κ3) is 6.06. The zero-order valence-corrected chi connectivity index (χ0v) is 23.5. The molecule has 1 heterocycles. The molecule has 0 saturated heterocycles. The lowest BCUT2D eigenvalue weighted by Crippen LogP contribution is -2.40. The van der Waals surface area contributed by atoms with E-state index in [1.165, 1.54) is 0 Å². The number of amides is 2. The average molecular weight is 541 g/mol. The number of ether oxygens (including phenoxy) is 1. The number of unbranched alkanes of at least 4 members (excludes halogenated alkanes) is 1. The first-order valence-corrected chi connectivity index (χ1v) is 13.8. The normalized spacial score (nSPS) is 11.7. The molecule has 208 valence electrons. The Morgan fingerprint density at radius 2 is 1.68 bits per heavy atom. The summed E-state index contributed by atoms with van der Waals surface area (Å²) in [7, 11) is 0. The molecule has 0 spiro atoms. The van der Waals surface area contributed by atoms with Gasteiger partial charge in [-0.05, 0) is 74.7 Å². The minimum atomic E-state index is -0.521. The van der Waals surface area contributed by atoms with E-state index in [9.17, 15) is 14.4 Å². The SMILES string of the molecule is CCCCN(C(=O)Nc1ccc(C(=O)OCC)cc1)C(C)c1nc2ccccc2c(=O)n1-c1ccccc1CC. The molecule has 1 unspecified atom stereocenters. The number of fused-ring (bicyclic) bond motifs is 1. The topological polar surface area (TPSA) is 93.5 Å². The van der Waals surface area contributed by atoms with Crippen LogP contribution >= 0.6 is 0 Å². The number of benzene rings is 3. The second kappa shape index (κ2) is 13.1. The van der Waals surface area contributed by atoms with E-state index in [-0.39, 0.29) is 18.2 Å². The van der Waals surface area contributed by atoms with Gasteiger partial charge in [-0.2, -0.15) is 0 Å². The van der Waals surface area contributed by atoms with Gasteiger partial charge in [0.05, 0.1) is 34.8 Å². The number of hydrogen-bond donors (Lipinski definition) is 1. The van der Waals surface area contributed by atoms with Gasteiger partial charge in [-0.3, -0.25) is 9.36 Å². The highest BCUT2D eigenvalue weighted by atomic mass is 16.5. The summed E-state index contributed by atoms with van der Waals surface area (Å²) in [4.78, 5) is 46.3. The summed E-state index contributed by atoms with van der Waals surface area (Å²) in [5.41, 5.74) is 3.16. The molecule has 4 rings (SSSR count). The quantitative estimate of drug-likeness (QED) is 0.231. The first kappa shape index (κ1) is 28.5. The number of rotatable bonds is 10. The molecular weight excluding hydrogens is 504 g/mol. The van der Waals surface area contributed by atoms with Gasteiger partial charge >= 0.3 is 12.0 Å². The van der Waals surface area contributed by atoms with Gasteiger partial charge in [0.15, 0.2) is 0 Å². The van der Waals surface area contributed by atoms with E-state index in [1.807, 2.05) is 49.4 Å². The molecule has 40 heavy (non-hydrogen) atoms. The molecule has 0 saturated carbocycles. The van der Waals surface area contributed by atoms with Crippen LogP contribution in [0.2, 0.25) is 0 Å². The van der Waals surface area contributed by atoms with Crippen molar-refractivity contribution in [3.05, 3.63) is 100 Å². The van der Waals surface area contributed by atoms with Crippen molar-refractivity contribution in [2.24, 2.45) is 0 Å². The van der Waals surface area contributed by atoms with Crippen molar-refractivity contribution in [2.45, 2.75) is 53.0 Å². The Morgan fingerprint density at radius 1 is 0.975 bits per heavy atom. The summed E-state index contributed by atoms with van der Waals surface area (Å²) in [6, 6.07) is 20.9. The van der Waals surface area contributed by atoms with Crippen LogP contribution in [0.25, 0.3) is 16.6 Å². The van der Waals surface area contributed by atoms with Gasteiger partial charge < -0.3 is 15.0 Å². The second-order valence-electron chi connectivity index (χ2n) is 9.56. The van der Waals surface area contributed by atoms with Gasteiger partial charge in [-0.1, -0.05) is 50.6 Å².